The Labute approximate surface area is 213 Å². The molecule has 0 saturated heterocycles. The van der Waals surface area contributed by atoms with E-state index in [1.54, 1.807) is 23.2 Å². The molecule has 2 heterocycles. The van der Waals surface area contributed by atoms with Gasteiger partial charge in [0.15, 0.2) is 15.0 Å². The smallest absolute Gasteiger partial charge is 0.229 e. The highest BCUT2D eigenvalue weighted by atomic mass is 35.5. The third kappa shape index (κ3) is 5.98. The normalized spacial score (nSPS) is 11.5. The first-order valence-electron chi connectivity index (χ1n) is 10.9. The predicted molar refractivity (Wildman–Crippen MR) is 139 cm³/mol. The second-order valence-corrected chi connectivity index (χ2v) is 11.5. The monoisotopic (exact) mass is 529 g/mol. The number of hydrogen-bond acceptors (Lipinski definition) is 7. The lowest BCUT2D eigenvalue weighted by Gasteiger charge is -2.19. The van der Waals surface area contributed by atoms with E-state index in [0.29, 0.717) is 21.6 Å². The molecule has 35 heavy (non-hydrogen) atoms. The lowest BCUT2D eigenvalue weighted by molar-refractivity contribution is -0.118. The summed E-state index contributed by atoms with van der Waals surface area (Å²) in [5.41, 5.74) is 2.42. The van der Waals surface area contributed by atoms with E-state index < -0.39 is 9.84 Å². The van der Waals surface area contributed by atoms with Crippen molar-refractivity contribution in [3.8, 4) is 5.75 Å². The van der Waals surface area contributed by atoms with Gasteiger partial charge in [0.05, 0.1) is 40.2 Å². The van der Waals surface area contributed by atoms with Gasteiger partial charge in [0.1, 0.15) is 5.75 Å². The molecule has 0 aliphatic carbocycles. The van der Waals surface area contributed by atoms with E-state index in [4.69, 9.17) is 21.3 Å². The van der Waals surface area contributed by atoms with Crippen molar-refractivity contribution in [3.63, 3.8) is 0 Å². The number of aromatic nitrogens is 2. The van der Waals surface area contributed by atoms with Crippen molar-refractivity contribution < 1.29 is 17.9 Å². The highest BCUT2D eigenvalue weighted by Crippen LogP contribution is 2.34. The van der Waals surface area contributed by atoms with E-state index >= 15 is 0 Å². The highest BCUT2D eigenvalue weighted by Gasteiger charge is 2.23. The fourth-order valence-electron chi connectivity index (χ4n) is 3.62. The summed E-state index contributed by atoms with van der Waals surface area (Å²) in [4.78, 5) is 24.1. The Kier molecular flexibility index (Phi) is 7.69. The zero-order valence-electron chi connectivity index (χ0n) is 19.3. The third-order valence-corrected chi connectivity index (χ3v) is 8.50. The summed E-state index contributed by atoms with van der Waals surface area (Å²) in [6.07, 6.45) is 1.90. The molecule has 2 aromatic heterocycles. The molecular formula is C25H24ClN3O4S2. The maximum absolute atomic E-state index is 13.3. The molecule has 4 rings (SSSR count). The lowest BCUT2D eigenvalue weighted by Crippen LogP contribution is -2.30. The van der Waals surface area contributed by atoms with Crippen LogP contribution in [0.4, 0.5) is 5.13 Å². The predicted octanol–water partition coefficient (Wildman–Crippen LogP) is 5.45. The summed E-state index contributed by atoms with van der Waals surface area (Å²) in [5, 5.41) is 1.13. The number of ether oxygens (including phenoxy) is 1. The largest absolute Gasteiger partial charge is 0.497 e. The minimum absolute atomic E-state index is 0.0535. The molecule has 0 aliphatic heterocycles. The molecule has 7 nitrogen and oxygen atoms in total. The summed E-state index contributed by atoms with van der Waals surface area (Å²) in [5.74, 6) is 0.219. The number of nitrogens with zero attached hydrogens (tertiary/aromatic N) is 3. The number of pyridine rings is 1. The quantitative estimate of drug-likeness (QED) is 0.286. The molecule has 0 bridgehead atoms. The van der Waals surface area contributed by atoms with Gasteiger partial charge in [-0.25, -0.2) is 13.4 Å². The first kappa shape index (κ1) is 25.1. The molecule has 2 aromatic carbocycles. The van der Waals surface area contributed by atoms with Crippen LogP contribution in [-0.4, -0.2) is 37.2 Å². The minimum atomic E-state index is -3.53. The van der Waals surface area contributed by atoms with Gasteiger partial charge in [-0.05, 0) is 67.4 Å². The number of carbonyl (C=O) groups excluding carboxylic acids is 1. The van der Waals surface area contributed by atoms with Crippen LogP contribution in [0.15, 0.2) is 65.7 Å². The van der Waals surface area contributed by atoms with Gasteiger partial charge in [0, 0.05) is 17.6 Å². The van der Waals surface area contributed by atoms with Crippen LogP contribution in [0.5, 0.6) is 5.75 Å². The zero-order valence-corrected chi connectivity index (χ0v) is 21.7. The van der Waals surface area contributed by atoms with Crippen molar-refractivity contribution in [1.82, 2.24) is 9.97 Å². The van der Waals surface area contributed by atoms with Crippen molar-refractivity contribution in [2.24, 2.45) is 0 Å². The van der Waals surface area contributed by atoms with E-state index in [-0.39, 0.29) is 35.9 Å². The summed E-state index contributed by atoms with van der Waals surface area (Å²) in [7, 11) is -2.01. The van der Waals surface area contributed by atoms with Crippen molar-refractivity contribution >= 4 is 54.0 Å². The van der Waals surface area contributed by atoms with Gasteiger partial charge in [-0.15, -0.1) is 0 Å². The Morgan fingerprint density at radius 2 is 1.91 bits per heavy atom. The molecule has 0 unspecified atom stereocenters. The van der Waals surface area contributed by atoms with Crippen LogP contribution in [0.25, 0.3) is 10.2 Å². The number of hydrogen-bond donors (Lipinski definition) is 0. The van der Waals surface area contributed by atoms with Gasteiger partial charge in [0.25, 0.3) is 0 Å². The second-order valence-electron chi connectivity index (χ2n) is 7.96. The lowest BCUT2D eigenvalue weighted by atomic mass is 10.2. The van der Waals surface area contributed by atoms with Gasteiger partial charge in [-0.2, -0.15) is 0 Å². The average Bonchev–Trinajstić information content (AvgIpc) is 3.27. The first-order valence-corrected chi connectivity index (χ1v) is 13.8. The third-order valence-electron chi connectivity index (χ3n) is 5.44. The van der Waals surface area contributed by atoms with Crippen molar-refractivity contribution in [3.05, 3.63) is 77.1 Å². The van der Waals surface area contributed by atoms with Crippen molar-refractivity contribution in [2.75, 3.05) is 17.8 Å². The van der Waals surface area contributed by atoms with E-state index in [1.165, 1.54) is 30.6 Å². The number of carbonyl (C=O) groups is 1. The van der Waals surface area contributed by atoms with Gasteiger partial charge < -0.3 is 4.74 Å². The van der Waals surface area contributed by atoms with Crippen LogP contribution >= 0.6 is 22.9 Å². The molecule has 0 spiro atoms. The second kappa shape index (κ2) is 10.7. The maximum atomic E-state index is 13.3. The Balaban J connectivity index is 1.53. The number of thiazole rings is 1. The number of anilines is 1. The Morgan fingerprint density at radius 1 is 1.14 bits per heavy atom. The molecular weight excluding hydrogens is 506 g/mol. The molecule has 0 saturated carbocycles. The van der Waals surface area contributed by atoms with Crippen molar-refractivity contribution in [1.29, 1.82) is 0 Å². The molecule has 0 radical (unpaired) electrons. The minimum Gasteiger partial charge on any atom is -0.497 e. The molecule has 0 atom stereocenters. The summed E-state index contributed by atoms with van der Waals surface area (Å²) < 4.78 is 31.4. The molecule has 0 N–H and O–H groups in total. The summed E-state index contributed by atoms with van der Waals surface area (Å²) in [6.45, 7) is 2.16. The molecule has 0 fully saturated rings. The summed E-state index contributed by atoms with van der Waals surface area (Å²) in [6, 6.07) is 15.4. The molecule has 10 heteroatoms. The van der Waals surface area contributed by atoms with Crippen LogP contribution in [0.3, 0.4) is 0 Å². The van der Waals surface area contributed by atoms with Crippen LogP contribution in [0.2, 0.25) is 5.02 Å². The van der Waals surface area contributed by atoms with Crippen LogP contribution < -0.4 is 9.64 Å². The van der Waals surface area contributed by atoms with Crippen LogP contribution in [0.1, 0.15) is 24.1 Å². The van der Waals surface area contributed by atoms with Crippen LogP contribution in [0, 0.1) is 6.92 Å². The standard InChI is InChI=1S/C25H24ClN3O4S2/c1-17-14-18(26)15-22-24(17)28-25(34-22)29(16-19-6-3-4-12-27-19)23(30)7-5-13-35(31,32)21-10-8-20(33-2)9-11-21/h3-4,6,8-12,14-15H,5,7,13,16H2,1-2H3. The van der Waals surface area contributed by atoms with Gasteiger partial charge >= 0.3 is 0 Å². The van der Waals surface area contributed by atoms with Crippen molar-refractivity contribution in [2.45, 2.75) is 31.2 Å². The molecule has 0 aliphatic rings. The number of benzene rings is 2. The van der Waals surface area contributed by atoms with Gasteiger partial charge in [-0.3, -0.25) is 14.7 Å². The fourth-order valence-corrected chi connectivity index (χ4v) is 6.37. The van der Waals surface area contributed by atoms with E-state index in [1.807, 2.05) is 37.3 Å². The Hall–Kier alpha value is -3.01. The number of aryl methyl sites for hydroxylation is 1. The molecule has 1 amide bonds. The molecule has 182 valence electrons. The number of halogens is 1. The number of rotatable bonds is 9. The number of methoxy groups -OCH3 is 1. The van der Waals surface area contributed by atoms with Gasteiger partial charge in [-0.1, -0.05) is 29.0 Å². The zero-order chi connectivity index (χ0) is 25.0. The molecule has 4 aromatic rings. The number of amides is 1. The maximum Gasteiger partial charge on any atom is 0.229 e. The van der Waals surface area contributed by atoms with Crippen LogP contribution in [-0.2, 0) is 21.2 Å². The SMILES string of the molecule is COc1ccc(S(=O)(=O)CCCC(=O)N(Cc2ccccn2)c2nc3c(C)cc(Cl)cc3s2)cc1. The summed E-state index contributed by atoms with van der Waals surface area (Å²) >= 11 is 7.58. The number of fused-ring (bicyclic) bond motifs is 1. The number of sulfone groups is 1. The highest BCUT2D eigenvalue weighted by molar-refractivity contribution is 7.91. The van der Waals surface area contributed by atoms with E-state index in [0.717, 1.165) is 15.8 Å². The first-order chi connectivity index (χ1) is 16.8. The Bertz CT molecular complexity index is 1440. The fraction of sp³-hybridized carbons (Fsp3) is 0.240. The van der Waals surface area contributed by atoms with E-state index in [2.05, 4.69) is 4.98 Å². The topological polar surface area (TPSA) is 89.5 Å². The average molecular weight is 530 g/mol. The Morgan fingerprint density at radius 3 is 2.60 bits per heavy atom. The van der Waals surface area contributed by atoms with E-state index in [9.17, 15) is 13.2 Å². The van der Waals surface area contributed by atoms with Gasteiger partial charge in [0.2, 0.25) is 5.91 Å².